The second-order valence-corrected chi connectivity index (χ2v) is 4.88. The Morgan fingerprint density at radius 1 is 1.45 bits per heavy atom. The van der Waals surface area contributed by atoms with Crippen molar-refractivity contribution in [1.82, 2.24) is 0 Å². The van der Waals surface area contributed by atoms with E-state index in [4.69, 9.17) is 10.5 Å². The van der Waals surface area contributed by atoms with E-state index in [0.29, 0.717) is 5.96 Å². The summed E-state index contributed by atoms with van der Waals surface area (Å²) in [5, 5.41) is 3.14. The van der Waals surface area contributed by atoms with E-state index >= 15 is 0 Å². The van der Waals surface area contributed by atoms with E-state index in [1.54, 1.807) is 0 Å². The standard InChI is InChI=1S/C16H23N3O/c1-2-13-4-3-5-15(12-13)19-16(17)18-9-6-14-7-10-20-11-8-14/h3-5,7,12H,2,6,8-11H2,1H3,(H3,17,18,19). The molecule has 4 heteroatoms. The van der Waals surface area contributed by atoms with Crippen molar-refractivity contribution in [3.8, 4) is 0 Å². The normalized spacial score (nSPS) is 15.8. The van der Waals surface area contributed by atoms with Gasteiger partial charge in [0.05, 0.1) is 13.2 Å². The fourth-order valence-electron chi connectivity index (χ4n) is 2.17. The molecule has 2 rings (SSSR count). The van der Waals surface area contributed by atoms with Crippen LogP contribution in [-0.2, 0) is 11.2 Å². The van der Waals surface area contributed by atoms with Gasteiger partial charge >= 0.3 is 0 Å². The lowest BCUT2D eigenvalue weighted by Gasteiger charge is -2.12. The molecule has 1 aliphatic rings. The van der Waals surface area contributed by atoms with Crippen molar-refractivity contribution in [3.63, 3.8) is 0 Å². The zero-order valence-corrected chi connectivity index (χ0v) is 12.1. The molecule has 0 saturated carbocycles. The van der Waals surface area contributed by atoms with Crippen LogP contribution in [0.15, 0.2) is 40.9 Å². The van der Waals surface area contributed by atoms with E-state index in [0.717, 1.165) is 44.7 Å². The lowest BCUT2D eigenvalue weighted by atomic mass is 10.1. The third kappa shape index (κ3) is 4.70. The number of nitrogens with one attached hydrogen (secondary N) is 1. The highest BCUT2D eigenvalue weighted by Gasteiger charge is 2.03. The lowest BCUT2D eigenvalue weighted by Crippen LogP contribution is -2.23. The summed E-state index contributed by atoms with van der Waals surface area (Å²) in [5.41, 5.74) is 9.61. The van der Waals surface area contributed by atoms with E-state index in [-0.39, 0.29) is 0 Å². The molecule has 0 unspecified atom stereocenters. The van der Waals surface area contributed by atoms with Gasteiger partial charge in [-0.25, -0.2) is 0 Å². The van der Waals surface area contributed by atoms with E-state index < -0.39 is 0 Å². The first-order valence-corrected chi connectivity index (χ1v) is 7.19. The van der Waals surface area contributed by atoms with Gasteiger partial charge in [0.2, 0.25) is 0 Å². The summed E-state index contributed by atoms with van der Waals surface area (Å²) in [5.74, 6) is 0.478. The van der Waals surface area contributed by atoms with Crippen LogP contribution in [-0.4, -0.2) is 25.7 Å². The number of aliphatic imine (C=N–C) groups is 1. The Morgan fingerprint density at radius 2 is 2.35 bits per heavy atom. The molecule has 0 bridgehead atoms. The average molecular weight is 273 g/mol. The number of ether oxygens (including phenoxy) is 1. The first-order chi connectivity index (χ1) is 9.78. The maximum absolute atomic E-state index is 5.91. The molecule has 0 saturated heterocycles. The summed E-state index contributed by atoms with van der Waals surface area (Å²) in [7, 11) is 0. The molecular weight excluding hydrogens is 250 g/mol. The van der Waals surface area contributed by atoms with Crippen molar-refractivity contribution >= 4 is 11.6 Å². The van der Waals surface area contributed by atoms with Crippen molar-refractivity contribution in [2.75, 3.05) is 25.1 Å². The first-order valence-electron chi connectivity index (χ1n) is 7.19. The smallest absolute Gasteiger partial charge is 0.193 e. The van der Waals surface area contributed by atoms with Crippen LogP contribution >= 0.6 is 0 Å². The second-order valence-electron chi connectivity index (χ2n) is 4.88. The monoisotopic (exact) mass is 273 g/mol. The highest BCUT2D eigenvalue weighted by Crippen LogP contribution is 2.12. The van der Waals surface area contributed by atoms with Crippen molar-refractivity contribution in [1.29, 1.82) is 0 Å². The van der Waals surface area contributed by atoms with Crippen LogP contribution in [0.5, 0.6) is 0 Å². The highest BCUT2D eigenvalue weighted by atomic mass is 16.5. The van der Waals surface area contributed by atoms with Gasteiger partial charge in [0.25, 0.3) is 0 Å². The van der Waals surface area contributed by atoms with Crippen molar-refractivity contribution in [2.24, 2.45) is 10.7 Å². The van der Waals surface area contributed by atoms with E-state index in [1.165, 1.54) is 11.1 Å². The molecular formula is C16H23N3O. The Labute approximate surface area is 120 Å². The van der Waals surface area contributed by atoms with Crippen LogP contribution in [0.25, 0.3) is 0 Å². The molecule has 4 nitrogen and oxygen atoms in total. The third-order valence-electron chi connectivity index (χ3n) is 3.38. The Bertz CT molecular complexity index is 494. The minimum absolute atomic E-state index is 0.478. The molecule has 1 aliphatic heterocycles. The molecule has 1 aromatic rings. The first kappa shape index (κ1) is 14.6. The number of guanidine groups is 1. The number of hydrogen-bond donors (Lipinski definition) is 2. The molecule has 0 aliphatic carbocycles. The zero-order chi connectivity index (χ0) is 14.2. The van der Waals surface area contributed by atoms with Crippen LogP contribution in [0.2, 0.25) is 0 Å². The van der Waals surface area contributed by atoms with Gasteiger partial charge in [0, 0.05) is 12.2 Å². The number of aryl methyl sites for hydroxylation is 1. The fourth-order valence-corrected chi connectivity index (χ4v) is 2.17. The molecule has 0 atom stereocenters. The Kier molecular flexibility index (Phi) is 5.62. The Balaban J connectivity index is 1.82. The van der Waals surface area contributed by atoms with Crippen LogP contribution in [0.3, 0.4) is 0 Å². The number of benzene rings is 1. The number of nitrogens with zero attached hydrogens (tertiary/aromatic N) is 1. The van der Waals surface area contributed by atoms with Gasteiger partial charge in [0.15, 0.2) is 5.96 Å². The number of anilines is 1. The fraction of sp³-hybridized carbons (Fsp3) is 0.438. The van der Waals surface area contributed by atoms with Crippen molar-refractivity contribution in [2.45, 2.75) is 26.2 Å². The molecule has 0 radical (unpaired) electrons. The molecule has 1 heterocycles. The summed E-state index contributed by atoms with van der Waals surface area (Å²) >= 11 is 0. The largest absolute Gasteiger partial charge is 0.377 e. The Morgan fingerprint density at radius 3 is 3.10 bits per heavy atom. The summed E-state index contributed by atoms with van der Waals surface area (Å²) in [6.45, 7) is 4.42. The topological polar surface area (TPSA) is 59.6 Å². The van der Waals surface area contributed by atoms with E-state index in [9.17, 15) is 0 Å². The zero-order valence-electron chi connectivity index (χ0n) is 12.1. The van der Waals surface area contributed by atoms with Crippen LogP contribution in [0, 0.1) is 0 Å². The second kappa shape index (κ2) is 7.70. The van der Waals surface area contributed by atoms with Crippen LogP contribution in [0.4, 0.5) is 5.69 Å². The SMILES string of the molecule is CCc1cccc(NC(N)=NCCC2=CCOCC2)c1. The summed E-state index contributed by atoms with van der Waals surface area (Å²) in [6, 6.07) is 8.24. The summed E-state index contributed by atoms with van der Waals surface area (Å²) in [6.07, 6.45) is 5.14. The van der Waals surface area contributed by atoms with E-state index in [1.807, 2.05) is 12.1 Å². The molecule has 20 heavy (non-hydrogen) atoms. The maximum Gasteiger partial charge on any atom is 0.193 e. The molecule has 0 aromatic heterocycles. The minimum Gasteiger partial charge on any atom is -0.377 e. The minimum atomic E-state index is 0.478. The van der Waals surface area contributed by atoms with Gasteiger partial charge in [-0.2, -0.15) is 0 Å². The average Bonchev–Trinajstić information content (AvgIpc) is 2.48. The van der Waals surface area contributed by atoms with Gasteiger partial charge in [-0.05, 0) is 37.0 Å². The van der Waals surface area contributed by atoms with Gasteiger partial charge in [0.1, 0.15) is 0 Å². The summed E-state index contributed by atoms with van der Waals surface area (Å²) < 4.78 is 5.28. The van der Waals surface area contributed by atoms with Crippen molar-refractivity contribution in [3.05, 3.63) is 41.5 Å². The van der Waals surface area contributed by atoms with E-state index in [2.05, 4.69) is 35.4 Å². The quantitative estimate of drug-likeness (QED) is 0.492. The van der Waals surface area contributed by atoms with Crippen molar-refractivity contribution < 1.29 is 4.74 Å². The third-order valence-corrected chi connectivity index (χ3v) is 3.38. The predicted octanol–water partition coefficient (Wildman–Crippen LogP) is 2.71. The van der Waals surface area contributed by atoms with Crippen LogP contribution < -0.4 is 11.1 Å². The molecule has 0 spiro atoms. The summed E-state index contributed by atoms with van der Waals surface area (Å²) in [4.78, 5) is 4.37. The molecule has 108 valence electrons. The lowest BCUT2D eigenvalue weighted by molar-refractivity contribution is 0.153. The molecule has 0 fully saturated rings. The number of rotatable bonds is 5. The Hall–Kier alpha value is -1.81. The highest BCUT2D eigenvalue weighted by molar-refractivity contribution is 5.92. The van der Waals surface area contributed by atoms with Gasteiger partial charge in [-0.15, -0.1) is 0 Å². The number of nitrogens with two attached hydrogens (primary N) is 1. The number of hydrogen-bond acceptors (Lipinski definition) is 2. The van der Waals surface area contributed by atoms with Gasteiger partial charge in [-0.1, -0.05) is 30.7 Å². The molecule has 0 amide bonds. The maximum atomic E-state index is 5.91. The molecule has 3 N–H and O–H groups in total. The molecule has 1 aromatic carbocycles. The van der Waals surface area contributed by atoms with Gasteiger partial charge < -0.3 is 15.8 Å². The predicted molar refractivity (Wildman–Crippen MR) is 84.1 cm³/mol. The van der Waals surface area contributed by atoms with Gasteiger partial charge in [-0.3, -0.25) is 4.99 Å². The van der Waals surface area contributed by atoms with Crippen LogP contribution in [0.1, 0.15) is 25.3 Å².